The lowest BCUT2D eigenvalue weighted by molar-refractivity contribution is 1.07. The van der Waals surface area contributed by atoms with E-state index in [0.29, 0.717) is 17.5 Å². The highest BCUT2D eigenvalue weighted by Crippen LogP contribution is 2.42. The van der Waals surface area contributed by atoms with Crippen LogP contribution in [0.5, 0.6) is 0 Å². The van der Waals surface area contributed by atoms with Gasteiger partial charge in [-0.1, -0.05) is 170 Å². The molecule has 0 radical (unpaired) electrons. The predicted molar refractivity (Wildman–Crippen MR) is 244 cm³/mol. The lowest BCUT2D eigenvalue weighted by Crippen LogP contribution is -2.00. The third-order valence-corrected chi connectivity index (χ3v) is 11.6. The Morgan fingerprint density at radius 2 is 0.763 bits per heavy atom. The van der Waals surface area contributed by atoms with Crippen LogP contribution in [0.3, 0.4) is 0 Å². The summed E-state index contributed by atoms with van der Waals surface area (Å²) in [6.07, 6.45) is 0. The van der Waals surface area contributed by atoms with Crippen molar-refractivity contribution < 1.29 is 0 Å². The van der Waals surface area contributed by atoms with Crippen molar-refractivity contribution in [2.45, 2.75) is 0 Å². The smallest absolute Gasteiger partial charge is 0.164 e. The Kier molecular flexibility index (Phi) is 7.47. The molecular weight excluding hydrogens is 719 g/mol. The van der Waals surface area contributed by atoms with Crippen molar-refractivity contribution >= 4 is 65.0 Å². The van der Waals surface area contributed by atoms with Crippen molar-refractivity contribution in [3.05, 3.63) is 200 Å². The molecule has 0 fully saturated rings. The van der Waals surface area contributed by atoms with Gasteiger partial charge >= 0.3 is 0 Å². The Bertz CT molecular complexity index is 3560. The molecule has 0 aliphatic rings. The molecule has 274 valence electrons. The first-order valence-electron chi connectivity index (χ1n) is 19.9. The molecule has 0 N–H and O–H groups in total. The van der Waals surface area contributed by atoms with Gasteiger partial charge in [-0.3, -0.25) is 0 Å². The Labute approximate surface area is 339 Å². The molecule has 59 heavy (non-hydrogen) atoms. The van der Waals surface area contributed by atoms with Gasteiger partial charge < -0.3 is 4.57 Å². The fourth-order valence-corrected chi connectivity index (χ4v) is 8.91. The monoisotopic (exact) mass is 751 g/mol. The number of fused-ring (bicyclic) bond motifs is 11. The second kappa shape index (κ2) is 13.3. The Balaban J connectivity index is 1.04. The molecule has 0 aliphatic carbocycles. The Hall–Kier alpha value is -8.02. The minimum absolute atomic E-state index is 0.612. The molecule has 3 aromatic heterocycles. The zero-order chi connectivity index (χ0) is 38.9. The van der Waals surface area contributed by atoms with Gasteiger partial charge in [-0.15, -0.1) is 0 Å². The number of rotatable bonds is 5. The van der Waals surface area contributed by atoms with Crippen molar-refractivity contribution in [3.8, 4) is 51.1 Å². The number of para-hydroxylation sites is 3. The highest BCUT2D eigenvalue weighted by atomic mass is 15.0. The van der Waals surface area contributed by atoms with Gasteiger partial charge in [-0.25, -0.2) is 19.9 Å². The number of hydrogen-bond acceptors (Lipinski definition) is 4. The van der Waals surface area contributed by atoms with Crippen molar-refractivity contribution in [2.24, 2.45) is 0 Å². The molecule has 0 bridgehead atoms. The number of pyridine rings is 1. The van der Waals surface area contributed by atoms with Crippen LogP contribution in [0.1, 0.15) is 0 Å². The van der Waals surface area contributed by atoms with Crippen LogP contribution in [0.2, 0.25) is 0 Å². The molecule has 0 spiro atoms. The quantitative estimate of drug-likeness (QED) is 0.164. The van der Waals surface area contributed by atoms with Crippen molar-refractivity contribution in [3.63, 3.8) is 0 Å². The van der Waals surface area contributed by atoms with E-state index in [2.05, 4.69) is 187 Å². The highest BCUT2D eigenvalue weighted by molar-refractivity contribution is 6.26. The summed E-state index contributed by atoms with van der Waals surface area (Å²) in [5.74, 6) is 1.87. The summed E-state index contributed by atoms with van der Waals surface area (Å²) in [7, 11) is 0. The van der Waals surface area contributed by atoms with Gasteiger partial charge in [-0.2, -0.15) is 0 Å². The van der Waals surface area contributed by atoms with Crippen molar-refractivity contribution in [1.29, 1.82) is 0 Å². The molecule has 12 rings (SSSR count). The minimum atomic E-state index is 0.612. The molecule has 0 saturated carbocycles. The maximum absolute atomic E-state index is 5.35. The van der Waals surface area contributed by atoms with E-state index in [1.165, 1.54) is 32.3 Å². The second-order valence-corrected chi connectivity index (χ2v) is 15.0. The maximum Gasteiger partial charge on any atom is 0.164 e. The topological polar surface area (TPSA) is 56.5 Å². The number of nitrogens with zero attached hydrogens (tertiary/aromatic N) is 5. The summed E-state index contributed by atoms with van der Waals surface area (Å²) in [6, 6.07) is 70.2. The number of benzene rings is 9. The predicted octanol–water partition coefficient (Wildman–Crippen LogP) is 13.6. The SMILES string of the molecule is c1ccc(-c2nc(-c3ccc(-c4nc5ccccc5c5c4c4ccccc4n5-c4ccccc4)cc3)nc(-c3ccc4c5ccccc5c5ccccc5c4c3)n2)cc1. The molecule has 0 amide bonds. The van der Waals surface area contributed by atoms with Crippen LogP contribution in [0, 0.1) is 0 Å². The van der Waals surface area contributed by atoms with Gasteiger partial charge in [0, 0.05) is 44.1 Å². The van der Waals surface area contributed by atoms with Crippen molar-refractivity contribution in [1.82, 2.24) is 24.5 Å². The zero-order valence-electron chi connectivity index (χ0n) is 31.8. The van der Waals surface area contributed by atoms with Gasteiger partial charge in [0.05, 0.1) is 22.2 Å². The molecule has 3 heterocycles. The van der Waals surface area contributed by atoms with E-state index < -0.39 is 0 Å². The minimum Gasteiger partial charge on any atom is -0.308 e. The molecule has 0 unspecified atom stereocenters. The first-order valence-corrected chi connectivity index (χ1v) is 19.9. The van der Waals surface area contributed by atoms with Crippen LogP contribution in [-0.4, -0.2) is 24.5 Å². The zero-order valence-corrected chi connectivity index (χ0v) is 31.8. The van der Waals surface area contributed by atoms with Crippen LogP contribution >= 0.6 is 0 Å². The lowest BCUT2D eigenvalue weighted by Gasteiger charge is -2.13. The molecule has 5 heteroatoms. The molecular formula is C54H33N5. The van der Waals surface area contributed by atoms with Crippen molar-refractivity contribution in [2.75, 3.05) is 0 Å². The standard InChI is InChI=1S/C54H33N5/c1-3-15-35(16-4-1)52-56-53(58-54(57-52)37-31-32-43-41-21-8-7-19-39(41)40-20-9-10-22-42(40)46(43)33-37)36-29-27-34(28-30-36)50-49-45-24-12-14-26-48(45)59(38-17-5-2-6-18-38)51(49)44-23-11-13-25-47(44)55-50/h1-33H. The number of hydrogen-bond donors (Lipinski definition) is 0. The maximum atomic E-state index is 5.35. The van der Waals surface area contributed by atoms with Gasteiger partial charge in [0.25, 0.3) is 0 Å². The Morgan fingerprint density at radius 1 is 0.305 bits per heavy atom. The molecule has 0 aliphatic heterocycles. The summed E-state index contributed by atoms with van der Waals surface area (Å²) in [6.45, 7) is 0. The summed E-state index contributed by atoms with van der Waals surface area (Å²) in [5.41, 5.74) is 9.08. The third-order valence-electron chi connectivity index (χ3n) is 11.6. The highest BCUT2D eigenvalue weighted by Gasteiger charge is 2.21. The van der Waals surface area contributed by atoms with E-state index in [4.69, 9.17) is 19.9 Å². The molecule has 5 nitrogen and oxygen atoms in total. The molecule has 0 atom stereocenters. The van der Waals surface area contributed by atoms with E-state index in [0.717, 1.165) is 66.3 Å². The molecule has 0 saturated heterocycles. The number of aromatic nitrogens is 5. The fraction of sp³-hybridized carbons (Fsp3) is 0. The van der Waals surface area contributed by atoms with Crippen LogP contribution in [0.4, 0.5) is 0 Å². The largest absolute Gasteiger partial charge is 0.308 e. The van der Waals surface area contributed by atoms with E-state index in [1.54, 1.807) is 0 Å². The van der Waals surface area contributed by atoms with E-state index in [1.807, 2.05) is 18.2 Å². The van der Waals surface area contributed by atoms with E-state index in [9.17, 15) is 0 Å². The lowest BCUT2D eigenvalue weighted by atomic mass is 9.93. The van der Waals surface area contributed by atoms with Crippen LogP contribution in [-0.2, 0) is 0 Å². The van der Waals surface area contributed by atoms with Crippen LogP contribution < -0.4 is 0 Å². The van der Waals surface area contributed by atoms with Gasteiger partial charge in [0.1, 0.15) is 0 Å². The first kappa shape index (κ1) is 33.2. The average Bonchev–Trinajstić information content (AvgIpc) is 3.67. The second-order valence-electron chi connectivity index (χ2n) is 15.0. The van der Waals surface area contributed by atoms with E-state index >= 15 is 0 Å². The average molecular weight is 752 g/mol. The first-order chi connectivity index (χ1) is 29.3. The summed E-state index contributed by atoms with van der Waals surface area (Å²) < 4.78 is 2.38. The molecule has 9 aromatic carbocycles. The van der Waals surface area contributed by atoms with Gasteiger partial charge in [0.2, 0.25) is 0 Å². The normalized spacial score (nSPS) is 11.7. The third kappa shape index (κ3) is 5.33. The molecule has 12 aromatic rings. The van der Waals surface area contributed by atoms with E-state index in [-0.39, 0.29) is 0 Å². The Morgan fingerprint density at radius 3 is 1.42 bits per heavy atom. The van der Waals surface area contributed by atoms with Gasteiger partial charge in [-0.05, 0) is 62.6 Å². The van der Waals surface area contributed by atoms with Gasteiger partial charge in [0.15, 0.2) is 17.5 Å². The summed E-state index contributed by atoms with van der Waals surface area (Å²) in [4.78, 5) is 20.7. The van der Waals surface area contributed by atoms with Crippen LogP contribution in [0.15, 0.2) is 200 Å². The summed E-state index contributed by atoms with van der Waals surface area (Å²) >= 11 is 0. The summed E-state index contributed by atoms with van der Waals surface area (Å²) in [5, 5.41) is 10.7. The fourth-order valence-electron chi connectivity index (χ4n) is 8.91. The van der Waals surface area contributed by atoms with Crippen LogP contribution in [0.25, 0.3) is 116 Å².